The highest BCUT2D eigenvalue weighted by atomic mass is 32.2. The van der Waals surface area contributed by atoms with Crippen LogP contribution in [0.1, 0.15) is 11.1 Å². The second-order valence-corrected chi connectivity index (χ2v) is 4.45. The van der Waals surface area contributed by atoms with E-state index < -0.39 is 0 Å². The largest absolute Gasteiger partial charge is 0.192 e. The second kappa shape index (κ2) is 5.93. The van der Waals surface area contributed by atoms with Crippen LogP contribution in [0.3, 0.4) is 0 Å². The van der Waals surface area contributed by atoms with Crippen LogP contribution in [-0.4, -0.2) is 0 Å². The molecule has 0 unspecified atom stereocenters. The molecule has 0 amide bonds. The van der Waals surface area contributed by atoms with Crippen LogP contribution in [-0.2, 0) is 0 Å². The number of benzene rings is 2. The van der Waals surface area contributed by atoms with E-state index in [4.69, 9.17) is 5.26 Å². The first-order valence-electron chi connectivity index (χ1n) is 5.27. The Balaban J connectivity index is 1.98. The molecular formula is C15H11NS. The summed E-state index contributed by atoms with van der Waals surface area (Å²) in [4.78, 5) is 1.14. The van der Waals surface area contributed by atoms with Crippen LogP contribution < -0.4 is 0 Å². The first kappa shape index (κ1) is 11.5. The summed E-state index contributed by atoms with van der Waals surface area (Å²) in [7, 11) is 0. The maximum absolute atomic E-state index is 8.68. The predicted molar refractivity (Wildman–Crippen MR) is 72.5 cm³/mol. The van der Waals surface area contributed by atoms with Gasteiger partial charge in [-0.15, -0.1) is 0 Å². The fourth-order valence-corrected chi connectivity index (χ4v) is 2.04. The standard InChI is InChI=1S/C15H11NS/c16-12-14-6-8-15(9-7-14)17-11-10-13-4-2-1-3-5-13/h1-11H/b11-10+. The summed E-state index contributed by atoms with van der Waals surface area (Å²) < 4.78 is 0. The lowest BCUT2D eigenvalue weighted by molar-refractivity contribution is 1.42. The van der Waals surface area contributed by atoms with Crippen LogP contribution in [0.25, 0.3) is 6.08 Å². The van der Waals surface area contributed by atoms with E-state index in [1.54, 1.807) is 11.8 Å². The molecule has 82 valence electrons. The summed E-state index contributed by atoms with van der Waals surface area (Å²) in [5.74, 6) is 0. The van der Waals surface area contributed by atoms with E-state index in [2.05, 4.69) is 29.7 Å². The first-order valence-corrected chi connectivity index (χ1v) is 6.15. The van der Waals surface area contributed by atoms with Gasteiger partial charge in [0.2, 0.25) is 0 Å². The zero-order valence-electron chi connectivity index (χ0n) is 9.21. The lowest BCUT2D eigenvalue weighted by Gasteiger charge is -1.96. The van der Waals surface area contributed by atoms with Crippen molar-refractivity contribution < 1.29 is 0 Å². The molecule has 1 nitrogen and oxygen atoms in total. The van der Waals surface area contributed by atoms with Gasteiger partial charge in [-0.2, -0.15) is 5.26 Å². The normalized spacial score (nSPS) is 10.3. The van der Waals surface area contributed by atoms with Crippen molar-refractivity contribution in [3.63, 3.8) is 0 Å². The molecule has 0 fully saturated rings. The Hall–Kier alpha value is -1.98. The van der Waals surface area contributed by atoms with Crippen LogP contribution >= 0.6 is 11.8 Å². The molecule has 0 aliphatic rings. The Bertz CT molecular complexity index is 535. The zero-order chi connectivity index (χ0) is 11.9. The van der Waals surface area contributed by atoms with Crippen molar-refractivity contribution >= 4 is 17.8 Å². The average molecular weight is 237 g/mol. The summed E-state index contributed by atoms with van der Waals surface area (Å²) in [5.41, 5.74) is 1.88. The minimum atomic E-state index is 0.696. The van der Waals surface area contributed by atoms with Crippen molar-refractivity contribution in [2.24, 2.45) is 0 Å². The van der Waals surface area contributed by atoms with Crippen LogP contribution in [0.15, 0.2) is 64.9 Å². The van der Waals surface area contributed by atoms with Crippen LogP contribution in [0.4, 0.5) is 0 Å². The first-order chi connectivity index (χ1) is 8.38. The van der Waals surface area contributed by atoms with Gasteiger partial charge in [0.15, 0.2) is 0 Å². The smallest absolute Gasteiger partial charge is 0.0991 e. The maximum atomic E-state index is 8.68. The van der Waals surface area contributed by atoms with Gasteiger partial charge in [-0.05, 0) is 41.3 Å². The minimum absolute atomic E-state index is 0.696. The Morgan fingerprint density at radius 2 is 1.65 bits per heavy atom. The molecule has 0 saturated carbocycles. The van der Waals surface area contributed by atoms with E-state index in [1.165, 1.54) is 5.56 Å². The Morgan fingerprint density at radius 3 is 2.29 bits per heavy atom. The third-order valence-corrected chi connectivity index (χ3v) is 3.06. The molecule has 0 N–H and O–H groups in total. The molecule has 0 aliphatic heterocycles. The van der Waals surface area contributed by atoms with Crippen LogP contribution in [0.5, 0.6) is 0 Å². The lowest BCUT2D eigenvalue weighted by Crippen LogP contribution is -1.73. The molecule has 0 saturated heterocycles. The van der Waals surface area contributed by atoms with E-state index in [1.807, 2.05) is 42.5 Å². The topological polar surface area (TPSA) is 23.8 Å². The highest BCUT2D eigenvalue weighted by Crippen LogP contribution is 2.20. The molecule has 0 aromatic heterocycles. The molecule has 0 bridgehead atoms. The predicted octanol–water partition coefficient (Wildman–Crippen LogP) is 4.32. The summed E-state index contributed by atoms with van der Waals surface area (Å²) in [6, 6.07) is 19.9. The number of hydrogen-bond acceptors (Lipinski definition) is 2. The van der Waals surface area contributed by atoms with Crippen LogP contribution in [0, 0.1) is 11.3 Å². The zero-order valence-corrected chi connectivity index (χ0v) is 10.0. The Labute approximate surface area is 105 Å². The molecule has 0 atom stereocenters. The number of nitrogens with zero attached hydrogens (tertiary/aromatic N) is 1. The quantitative estimate of drug-likeness (QED) is 0.742. The van der Waals surface area contributed by atoms with Crippen molar-refractivity contribution in [1.29, 1.82) is 5.26 Å². The van der Waals surface area contributed by atoms with Crippen molar-refractivity contribution in [2.45, 2.75) is 4.90 Å². The lowest BCUT2D eigenvalue weighted by atomic mass is 10.2. The number of thioether (sulfide) groups is 1. The highest BCUT2D eigenvalue weighted by Gasteiger charge is 1.91. The average Bonchev–Trinajstić information content (AvgIpc) is 2.41. The molecule has 2 rings (SSSR count). The van der Waals surface area contributed by atoms with Gasteiger partial charge >= 0.3 is 0 Å². The molecule has 17 heavy (non-hydrogen) atoms. The van der Waals surface area contributed by atoms with Gasteiger partial charge in [0, 0.05) is 4.90 Å². The van der Waals surface area contributed by atoms with E-state index in [9.17, 15) is 0 Å². The second-order valence-electron chi connectivity index (χ2n) is 3.47. The molecular weight excluding hydrogens is 226 g/mol. The molecule has 0 aliphatic carbocycles. The fourth-order valence-electron chi connectivity index (χ4n) is 1.36. The van der Waals surface area contributed by atoms with E-state index >= 15 is 0 Å². The van der Waals surface area contributed by atoms with E-state index in [0.29, 0.717) is 5.56 Å². The molecule has 2 aromatic carbocycles. The van der Waals surface area contributed by atoms with Crippen molar-refractivity contribution in [1.82, 2.24) is 0 Å². The molecule has 2 heteroatoms. The Morgan fingerprint density at radius 1 is 0.941 bits per heavy atom. The summed E-state index contributed by atoms with van der Waals surface area (Å²) in [6.07, 6.45) is 2.07. The van der Waals surface area contributed by atoms with Crippen molar-refractivity contribution in [3.05, 3.63) is 71.1 Å². The third kappa shape index (κ3) is 3.51. The van der Waals surface area contributed by atoms with Gasteiger partial charge in [-0.1, -0.05) is 42.1 Å². The number of rotatable bonds is 3. The van der Waals surface area contributed by atoms with Crippen molar-refractivity contribution in [3.8, 4) is 6.07 Å². The van der Waals surface area contributed by atoms with E-state index in [-0.39, 0.29) is 0 Å². The van der Waals surface area contributed by atoms with E-state index in [0.717, 1.165) is 4.90 Å². The monoisotopic (exact) mass is 237 g/mol. The van der Waals surface area contributed by atoms with Crippen LogP contribution in [0.2, 0.25) is 0 Å². The summed E-state index contributed by atoms with van der Waals surface area (Å²) in [6.45, 7) is 0. The maximum Gasteiger partial charge on any atom is 0.0991 e. The number of hydrogen-bond donors (Lipinski definition) is 0. The number of nitriles is 1. The fraction of sp³-hybridized carbons (Fsp3) is 0. The third-order valence-electron chi connectivity index (χ3n) is 2.25. The molecule has 2 aromatic rings. The highest BCUT2D eigenvalue weighted by molar-refractivity contribution is 8.02. The summed E-state index contributed by atoms with van der Waals surface area (Å²) >= 11 is 1.64. The minimum Gasteiger partial charge on any atom is -0.192 e. The van der Waals surface area contributed by atoms with Gasteiger partial charge in [0.1, 0.15) is 0 Å². The van der Waals surface area contributed by atoms with Crippen molar-refractivity contribution in [2.75, 3.05) is 0 Å². The molecule has 0 radical (unpaired) electrons. The van der Waals surface area contributed by atoms with Gasteiger partial charge in [-0.3, -0.25) is 0 Å². The summed E-state index contributed by atoms with van der Waals surface area (Å²) in [5, 5.41) is 10.7. The van der Waals surface area contributed by atoms with Gasteiger partial charge < -0.3 is 0 Å². The van der Waals surface area contributed by atoms with Gasteiger partial charge in [0.05, 0.1) is 11.6 Å². The van der Waals surface area contributed by atoms with Gasteiger partial charge in [0.25, 0.3) is 0 Å². The SMILES string of the molecule is N#Cc1ccc(S/C=C/c2ccccc2)cc1. The molecule has 0 spiro atoms. The molecule has 0 heterocycles. The Kier molecular flexibility index (Phi) is 4.01. The van der Waals surface area contributed by atoms with Gasteiger partial charge in [-0.25, -0.2) is 0 Å².